The summed E-state index contributed by atoms with van der Waals surface area (Å²) >= 11 is 3.63. The fourth-order valence-electron chi connectivity index (χ4n) is 15.9. The van der Waals surface area contributed by atoms with E-state index in [-0.39, 0.29) is 101 Å². The van der Waals surface area contributed by atoms with Crippen LogP contribution in [-0.4, -0.2) is 39.9 Å². The van der Waals surface area contributed by atoms with Crippen LogP contribution in [0.3, 0.4) is 0 Å². The van der Waals surface area contributed by atoms with E-state index in [4.69, 9.17) is 8.83 Å². The molecule has 0 amide bonds. The van der Waals surface area contributed by atoms with Gasteiger partial charge in [-0.25, -0.2) is 0 Å². The van der Waals surface area contributed by atoms with Gasteiger partial charge in [-0.3, -0.25) is 0 Å². The Labute approximate surface area is 910 Å². The Hall–Kier alpha value is -13.7. The molecule has 0 bridgehead atoms. The summed E-state index contributed by atoms with van der Waals surface area (Å²) in [4.78, 5) is 35.3. The number of pyridine rings is 8. The van der Waals surface area contributed by atoms with Gasteiger partial charge in [0.2, 0.25) is 0 Å². The van der Waals surface area contributed by atoms with Gasteiger partial charge in [-0.15, -0.1) is 228 Å². The first-order chi connectivity index (χ1) is 67.7. The van der Waals surface area contributed by atoms with E-state index in [2.05, 4.69) is 281 Å². The quantitative estimate of drug-likeness (QED) is 0.129. The van der Waals surface area contributed by atoms with Crippen molar-refractivity contribution < 1.29 is 109 Å². The van der Waals surface area contributed by atoms with E-state index < -0.39 is 0 Å². The summed E-state index contributed by atoms with van der Waals surface area (Å²) in [5, 5.41) is 9.71. The normalized spacial score (nSPS) is 10.4. The molecule has 143 heavy (non-hydrogen) atoms. The molecule has 0 saturated heterocycles. The van der Waals surface area contributed by atoms with Crippen molar-refractivity contribution in [3.05, 3.63) is 507 Å². The smallest absolute Gasteiger partial charge is 0.123 e. The van der Waals surface area contributed by atoms with E-state index in [1.165, 1.54) is 84.9 Å². The zero-order chi connectivity index (χ0) is 94.5. The second-order valence-corrected chi connectivity index (χ2v) is 35.3. The van der Waals surface area contributed by atoms with Crippen LogP contribution in [0.4, 0.5) is 0 Å². The first-order valence-electron chi connectivity index (χ1n) is 45.4. The molecule has 0 aliphatic carbocycles. The third kappa shape index (κ3) is 26.6. The molecule has 12 heterocycles. The Kier molecular flexibility index (Phi) is 38.7. The number of hydrogen-bond donors (Lipinski definition) is 0. The number of hydrogen-bond acceptors (Lipinski definition) is 12. The Bertz CT molecular complexity index is 8330. The molecule has 25 aromatic rings. The van der Waals surface area contributed by atoms with Crippen molar-refractivity contribution in [3.8, 4) is 101 Å². The molecule has 0 spiro atoms. The molecule has 25 rings (SSSR count). The van der Waals surface area contributed by atoms with Crippen molar-refractivity contribution in [2.75, 3.05) is 0 Å². The van der Waals surface area contributed by atoms with Crippen LogP contribution in [0, 0.1) is 104 Å². The molecule has 17 heteroatoms. The molecule has 0 fully saturated rings. The molecule has 713 valence electrons. The van der Waals surface area contributed by atoms with Gasteiger partial charge < -0.3 is 48.7 Å². The van der Waals surface area contributed by atoms with E-state index >= 15 is 0 Å². The standard InChI is InChI=1S/C19H14NO.C18H12NO.C18H12NS.C18H14N.C17H10NS.3C12H10N.5Ir/c1-12-9-10-20-17(11-12)16-8-4-7-15-14-6-3-5-13(2)18(14)21-19(15)16;1-12-9-10-16(19-11-12)15-7-4-6-14-13-5-2-3-8-17(13)20-18(14)15;1-12-8-9-19-16(10-12)13-6-7-18-15(11-13)14-4-2-3-5-17(14)20-18;1-14-12-18(16-10-6-3-7-11-16)19-13-17(14)15-8-4-2-5-9-15;1-2-7-16-13(5-1)14-11-12(8-9-17(14)19-16)15-6-3-4-10-18-15;1-10-6-5-9-13-12(10)11-7-3-2-4-8-11;2*1-10-7-8-12(13-9-10)11-5-3-2-4-6-11;;;;;/h3-7,9-11H,1-2H3;2-6,8-11H,1H3;2-5,7-11H,1H3;2-10,12-13H,1H3;1-7,9-11H;2-7,9H,1H3;2*2-5,7-9H,1H3;;;;;/q8*-1;;;;;. The molecule has 0 aliphatic rings. The first-order valence-corrected chi connectivity index (χ1v) is 47.1. The van der Waals surface area contributed by atoms with Gasteiger partial charge in [0.05, 0.1) is 11.2 Å². The maximum absolute atomic E-state index is 6.14. The number of aryl methyl sites for hydroxylation is 8. The molecule has 5 radical (unpaired) electrons. The van der Waals surface area contributed by atoms with Crippen LogP contribution < -0.4 is 0 Å². The van der Waals surface area contributed by atoms with Crippen LogP contribution in [0.15, 0.2) is 422 Å². The van der Waals surface area contributed by atoms with Gasteiger partial charge in [-0.2, -0.15) is 22.7 Å². The van der Waals surface area contributed by atoms with Crippen LogP contribution in [0.25, 0.3) is 185 Å². The van der Waals surface area contributed by atoms with Crippen molar-refractivity contribution in [1.29, 1.82) is 0 Å². The minimum absolute atomic E-state index is 0. The minimum Gasteiger partial charge on any atom is -0.501 e. The van der Waals surface area contributed by atoms with Crippen molar-refractivity contribution in [2.45, 2.75) is 55.4 Å². The molecule has 12 aromatic heterocycles. The second-order valence-electron chi connectivity index (χ2n) is 33.1. The maximum atomic E-state index is 6.14. The fraction of sp³-hybridized carbons (Fsp3) is 0.0635. The summed E-state index contributed by atoms with van der Waals surface area (Å²) in [5.74, 6) is 0. The minimum atomic E-state index is 0. The van der Waals surface area contributed by atoms with Crippen LogP contribution in [0.2, 0.25) is 0 Å². The van der Waals surface area contributed by atoms with Crippen molar-refractivity contribution in [1.82, 2.24) is 39.9 Å². The fourth-order valence-corrected chi connectivity index (χ4v) is 18.1. The van der Waals surface area contributed by atoms with E-state index in [1.54, 1.807) is 0 Å². The Balaban J connectivity index is 0.000000137. The third-order valence-corrected chi connectivity index (χ3v) is 25.3. The first kappa shape index (κ1) is 107. The number of rotatable bonds is 9. The summed E-state index contributed by atoms with van der Waals surface area (Å²) in [6.07, 6.45) is 14.9. The topological polar surface area (TPSA) is 129 Å². The number of para-hydroxylation sites is 2. The molecule has 0 unspecified atom stereocenters. The summed E-state index contributed by atoms with van der Waals surface area (Å²) in [5.41, 5.74) is 31.2. The van der Waals surface area contributed by atoms with Crippen LogP contribution >= 0.6 is 22.7 Å². The molecule has 0 N–H and O–H groups in total. The van der Waals surface area contributed by atoms with Crippen molar-refractivity contribution >= 4 is 107 Å². The monoisotopic (exact) mass is 2780 g/mol. The number of benzene rings is 13. The number of thiophene rings is 2. The van der Waals surface area contributed by atoms with Gasteiger partial charge in [0, 0.05) is 176 Å². The average Bonchev–Trinajstić information content (AvgIpc) is 1.63. The molecule has 0 atom stereocenters. The van der Waals surface area contributed by atoms with E-state index in [0.29, 0.717) is 0 Å². The predicted octanol–water partition coefficient (Wildman–Crippen LogP) is 33.0. The average molecular weight is 2780 g/mol. The van der Waals surface area contributed by atoms with E-state index in [0.717, 1.165) is 145 Å². The largest absolute Gasteiger partial charge is 0.501 e. The van der Waals surface area contributed by atoms with Crippen molar-refractivity contribution in [2.24, 2.45) is 0 Å². The zero-order valence-corrected chi connectivity index (χ0v) is 92.7. The van der Waals surface area contributed by atoms with Crippen LogP contribution in [0.1, 0.15) is 44.5 Å². The Morgan fingerprint density at radius 3 is 1.17 bits per heavy atom. The third-order valence-electron chi connectivity index (χ3n) is 23.0. The zero-order valence-electron chi connectivity index (χ0n) is 79.1. The Morgan fingerprint density at radius 1 is 0.224 bits per heavy atom. The number of aromatic nitrogens is 8. The van der Waals surface area contributed by atoms with Gasteiger partial charge in [-0.1, -0.05) is 225 Å². The molecular formula is C126H92Ir5N8O2S2-8. The number of furan rings is 2. The van der Waals surface area contributed by atoms with Gasteiger partial charge in [0.15, 0.2) is 0 Å². The maximum Gasteiger partial charge on any atom is 0.123 e. The van der Waals surface area contributed by atoms with Gasteiger partial charge in [-0.05, 0) is 197 Å². The number of fused-ring (bicyclic) bond motifs is 12. The van der Waals surface area contributed by atoms with Crippen molar-refractivity contribution in [3.63, 3.8) is 0 Å². The second kappa shape index (κ2) is 51.9. The predicted molar refractivity (Wildman–Crippen MR) is 572 cm³/mol. The summed E-state index contributed by atoms with van der Waals surface area (Å²) < 4.78 is 17.3. The Morgan fingerprint density at radius 2 is 0.650 bits per heavy atom. The number of nitrogens with zero attached hydrogens (tertiary/aromatic N) is 8. The molecule has 0 aliphatic heterocycles. The SMILES string of the molecule is Cc1cc(-c2[c-]cccc2)ncc1-c1ccccc1.Cc1ccc(-c2[c-]ccc3c2oc2ccccc23)nc1.Cc1ccc(-c2[c-]cccc2)nc1.Cc1ccc(-c2[c-]cccc2)nc1.Cc1cccnc1-c1[c-]cccc1.Cc1ccnc(-c2[c-]cc3sc4ccccc4c3c2)c1.Cc1ccnc(-c2[c-]ccc3c2oc2c(C)cccc23)c1.[Ir].[Ir].[Ir].[Ir].[Ir].[c-]1cc2sc3ccccc3c2cc1-c1ccccn1. The van der Waals surface area contributed by atoms with Gasteiger partial charge >= 0.3 is 0 Å². The molecule has 10 nitrogen and oxygen atoms in total. The van der Waals surface area contributed by atoms with Crippen LogP contribution in [-0.2, 0) is 101 Å². The van der Waals surface area contributed by atoms with Gasteiger partial charge in [0.1, 0.15) is 11.2 Å². The molecule has 0 saturated carbocycles. The van der Waals surface area contributed by atoms with Gasteiger partial charge in [0.25, 0.3) is 0 Å². The molecule has 13 aromatic carbocycles. The summed E-state index contributed by atoms with van der Waals surface area (Å²) in [7, 11) is 0. The van der Waals surface area contributed by atoms with E-state index in [1.807, 2.05) is 299 Å². The molecular weight excluding hydrogens is 2680 g/mol. The summed E-state index contributed by atoms with van der Waals surface area (Å²) in [6, 6.07) is 148. The van der Waals surface area contributed by atoms with Crippen LogP contribution in [0.5, 0.6) is 0 Å². The van der Waals surface area contributed by atoms with E-state index in [9.17, 15) is 0 Å². The summed E-state index contributed by atoms with van der Waals surface area (Å²) in [6.45, 7) is 16.5.